The van der Waals surface area contributed by atoms with Crippen LogP contribution in [0.5, 0.6) is 5.75 Å². The largest absolute Gasteiger partial charge is 0.497 e. The molecule has 1 atom stereocenters. The number of alkyl halides is 3. The average Bonchev–Trinajstić information content (AvgIpc) is 2.46. The smallest absolute Gasteiger partial charge is 0.433 e. The van der Waals surface area contributed by atoms with Crippen molar-refractivity contribution in [2.45, 2.75) is 19.1 Å². The van der Waals surface area contributed by atoms with Crippen molar-refractivity contribution in [3.05, 3.63) is 47.8 Å². The molecule has 1 aromatic heterocycles. The molecule has 0 bridgehead atoms. The van der Waals surface area contributed by atoms with Gasteiger partial charge in [-0.15, -0.1) is 0 Å². The molecule has 21 heavy (non-hydrogen) atoms. The van der Waals surface area contributed by atoms with Crippen LogP contribution in [0.3, 0.4) is 0 Å². The normalized spacial score (nSPS) is 12.8. The van der Waals surface area contributed by atoms with E-state index in [0.717, 1.165) is 17.8 Å². The van der Waals surface area contributed by atoms with E-state index in [-0.39, 0.29) is 12.0 Å². The minimum Gasteiger partial charge on any atom is -0.497 e. The Morgan fingerprint density at radius 3 is 2.67 bits per heavy atom. The summed E-state index contributed by atoms with van der Waals surface area (Å²) in [6.45, 7) is 1.80. The van der Waals surface area contributed by atoms with Crippen LogP contribution in [-0.4, -0.2) is 17.1 Å². The maximum atomic E-state index is 12.6. The van der Waals surface area contributed by atoms with E-state index in [2.05, 4.69) is 15.3 Å². The fraction of sp³-hybridized carbons (Fsp3) is 0.286. The fourth-order valence-corrected chi connectivity index (χ4v) is 1.77. The zero-order valence-electron chi connectivity index (χ0n) is 11.5. The summed E-state index contributed by atoms with van der Waals surface area (Å²) in [5.41, 5.74) is -0.117. The summed E-state index contributed by atoms with van der Waals surface area (Å²) < 4.78 is 42.9. The Hall–Kier alpha value is -2.31. The Bertz CT molecular complexity index is 616. The quantitative estimate of drug-likeness (QED) is 0.935. The molecule has 2 rings (SSSR count). The molecule has 112 valence electrons. The summed E-state index contributed by atoms with van der Waals surface area (Å²) in [7, 11) is 1.55. The lowest BCUT2D eigenvalue weighted by Gasteiger charge is -2.15. The summed E-state index contributed by atoms with van der Waals surface area (Å²) >= 11 is 0. The summed E-state index contributed by atoms with van der Waals surface area (Å²) in [6, 6.07) is 7.81. The highest BCUT2D eigenvalue weighted by molar-refractivity contribution is 5.36. The molecule has 0 aliphatic heterocycles. The van der Waals surface area contributed by atoms with Crippen molar-refractivity contribution in [2.24, 2.45) is 0 Å². The first-order valence-corrected chi connectivity index (χ1v) is 6.21. The highest BCUT2D eigenvalue weighted by Gasteiger charge is 2.32. The summed E-state index contributed by atoms with van der Waals surface area (Å²) in [5, 5.41) is 2.84. The van der Waals surface area contributed by atoms with Gasteiger partial charge in [-0.25, -0.2) is 9.97 Å². The van der Waals surface area contributed by atoms with Gasteiger partial charge in [0.1, 0.15) is 11.4 Å². The molecule has 7 heteroatoms. The minimum atomic E-state index is -4.49. The molecule has 0 saturated carbocycles. The van der Waals surface area contributed by atoms with Crippen LogP contribution in [-0.2, 0) is 6.18 Å². The molecule has 1 heterocycles. The number of anilines is 1. The number of ether oxygens (including phenoxy) is 1. The SMILES string of the molecule is COc1cccc(C(C)Nc2nccc(C(F)(F)F)n2)c1. The molecule has 1 unspecified atom stereocenters. The Morgan fingerprint density at radius 2 is 2.00 bits per heavy atom. The molecule has 0 saturated heterocycles. The van der Waals surface area contributed by atoms with Crippen LogP contribution in [0.4, 0.5) is 19.1 Å². The van der Waals surface area contributed by atoms with Gasteiger partial charge in [0, 0.05) is 6.20 Å². The fourth-order valence-electron chi connectivity index (χ4n) is 1.77. The number of halogens is 3. The maximum Gasteiger partial charge on any atom is 0.433 e. The molecule has 0 spiro atoms. The molecule has 4 nitrogen and oxygen atoms in total. The van der Waals surface area contributed by atoms with Crippen LogP contribution in [0.1, 0.15) is 24.2 Å². The first kappa shape index (κ1) is 15.1. The van der Waals surface area contributed by atoms with E-state index in [1.165, 1.54) is 0 Å². The monoisotopic (exact) mass is 297 g/mol. The highest BCUT2D eigenvalue weighted by Crippen LogP contribution is 2.28. The van der Waals surface area contributed by atoms with Crippen LogP contribution in [0.25, 0.3) is 0 Å². The van der Waals surface area contributed by atoms with Crippen LogP contribution in [0, 0.1) is 0 Å². The molecule has 0 amide bonds. The number of nitrogens with zero attached hydrogens (tertiary/aromatic N) is 2. The number of nitrogens with one attached hydrogen (secondary N) is 1. The summed E-state index contributed by atoms with van der Waals surface area (Å²) in [5.74, 6) is 0.603. The van der Waals surface area contributed by atoms with Crippen molar-refractivity contribution in [1.29, 1.82) is 0 Å². The van der Waals surface area contributed by atoms with Gasteiger partial charge in [-0.1, -0.05) is 12.1 Å². The zero-order chi connectivity index (χ0) is 15.5. The third kappa shape index (κ3) is 3.84. The van der Waals surface area contributed by atoms with Gasteiger partial charge in [0.05, 0.1) is 13.2 Å². The topological polar surface area (TPSA) is 47.0 Å². The Morgan fingerprint density at radius 1 is 1.24 bits per heavy atom. The number of benzene rings is 1. The molecule has 0 aliphatic rings. The molecule has 1 N–H and O–H groups in total. The van der Waals surface area contributed by atoms with Gasteiger partial charge >= 0.3 is 6.18 Å². The Kier molecular flexibility index (Phi) is 4.30. The molecule has 0 radical (unpaired) electrons. The number of methoxy groups -OCH3 is 1. The van der Waals surface area contributed by atoms with Crippen LogP contribution in [0.15, 0.2) is 36.5 Å². The Balaban J connectivity index is 2.17. The van der Waals surface area contributed by atoms with Crippen LogP contribution in [0.2, 0.25) is 0 Å². The van der Waals surface area contributed by atoms with Gasteiger partial charge in [-0.05, 0) is 30.7 Å². The number of hydrogen-bond donors (Lipinski definition) is 1. The highest BCUT2D eigenvalue weighted by atomic mass is 19.4. The van der Waals surface area contributed by atoms with Crippen molar-refractivity contribution >= 4 is 5.95 Å². The molecular formula is C14H14F3N3O. The molecule has 0 fully saturated rings. The van der Waals surface area contributed by atoms with Crippen LogP contribution < -0.4 is 10.1 Å². The summed E-state index contributed by atoms with van der Waals surface area (Å²) in [6.07, 6.45) is -3.41. The van der Waals surface area contributed by atoms with Crippen molar-refractivity contribution in [3.63, 3.8) is 0 Å². The van der Waals surface area contributed by atoms with Gasteiger partial charge in [0.15, 0.2) is 0 Å². The van der Waals surface area contributed by atoms with E-state index < -0.39 is 11.9 Å². The van der Waals surface area contributed by atoms with Crippen molar-refractivity contribution in [1.82, 2.24) is 9.97 Å². The van der Waals surface area contributed by atoms with E-state index >= 15 is 0 Å². The van der Waals surface area contributed by atoms with Crippen molar-refractivity contribution < 1.29 is 17.9 Å². The lowest BCUT2D eigenvalue weighted by Crippen LogP contribution is -2.13. The van der Waals surface area contributed by atoms with E-state index in [1.807, 2.05) is 6.07 Å². The summed E-state index contributed by atoms with van der Waals surface area (Å²) in [4.78, 5) is 7.28. The van der Waals surface area contributed by atoms with E-state index in [0.29, 0.717) is 5.75 Å². The molecule has 1 aromatic carbocycles. The predicted molar refractivity (Wildman–Crippen MR) is 72.1 cm³/mol. The first-order chi connectivity index (χ1) is 9.90. The van der Waals surface area contributed by atoms with E-state index in [1.54, 1.807) is 32.2 Å². The maximum absolute atomic E-state index is 12.6. The first-order valence-electron chi connectivity index (χ1n) is 6.21. The second kappa shape index (κ2) is 5.99. The van der Waals surface area contributed by atoms with Gasteiger partial charge in [-0.2, -0.15) is 13.2 Å². The third-order valence-corrected chi connectivity index (χ3v) is 2.89. The molecular weight excluding hydrogens is 283 g/mol. The minimum absolute atomic E-state index is 0.0693. The van der Waals surface area contributed by atoms with Crippen molar-refractivity contribution in [3.8, 4) is 5.75 Å². The van der Waals surface area contributed by atoms with Crippen LogP contribution >= 0.6 is 0 Å². The molecule has 2 aromatic rings. The number of rotatable bonds is 4. The lowest BCUT2D eigenvalue weighted by atomic mass is 10.1. The standard InChI is InChI=1S/C14H14F3N3O/c1-9(10-4-3-5-11(8-10)21-2)19-13-18-7-6-12(20-13)14(15,16)17/h3-9H,1-2H3,(H,18,19,20). The van der Waals surface area contributed by atoms with Gasteiger partial charge in [-0.3, -0.25) is 0 Å². The van der Waals surface area contributed by atoms with Gasteiger partial charge in [0.25, 0.3) is 0 Å². The second-order valence-corrected chi connectivity index (χ2v) is 4.41. The molecule has 0 aliphatic carbocycles. The second-order valence-electron chi connectivity index (χ2n) is 4.41. The van der Waals surface area contributed by atoms with Gasteiger partial charge in [0.2, 0.25) is 5.95 Å². The van der Waals surface area contributed by atoms with E-state index in [4.69, 9.17) is 4.74 Å². The number of hydrogen-bond acceptors (Lipinski definition) is 4. The van der Waals surface area contributed by atoms with Gasteiger partial charge < -0.3 is 10.1 Å². The lowest BCUT2D eigenvalue weighted by molar-refractivity contribution is -0.141. The number of aromatic nitrogens is 2. The van der Waals surface area contributed by atoms with E-state index in [9.17, 15) is 13.2 Å². The van der Waals surface area contributed by atoms with Crippen molar-refractivity contribution in [2.75, 3.05) is 12.4 Å². The average molecular weight is 297 g/mol. The zero-order valence-corrected chi connectivity index (χ0v) is 11.5. The third-order valence-electron chi connectivity index (χ3n) is 2.89. The predicted octanol–water partition coefficient (Wildman–Crippen LogP) is 3.68. The Labute approximate surface area is 120 Å².